The van der Waals surface area contributed by atoms with Crippen molar-refractivity contribution in [3.05, 3.63) is 35.9 Å². The molecule has 2 fully saturated rings. The van der Waals surface area contributed by atoms with Crippen molar-refractivity contribution in [3.63, 3.8) is 0 Å². The molecule has 2 N–H and O–H groups in total. The summed E-state index contributed by atoms with van der Waals surface area (Å²) in [6, 6.07) is 9.73. The Morgan fingerprint density at radius 3 is 2.55 bits per heavy atom. The van der Waals surface area contributed by atoms with Gasteiger partial charge in [-0.3, -0.25) is 9.89 Å². The Balaban J connectivity index is 0.00000385. The lowest BCUT2D eigenvalue weighted by atomic mass is 10.1. The number of nitrogens with zero attached hydrogens (tertiary/aromatic N) is 3. The first kappa shape index (κ1) is 27.7. The third-order valence-electron chi connectivity index (χ3n) is 5.77. The van der Waals surface area contributed by atoms with Crippen molar-refractivity contribution in [3.8, 4) is 0 Å². The van der Waals surface area contributed by atoms with Crippen LogP contribution in [0.25, 0.3) is 0 Å². The second-order valence-electron chi connectivity index (χ2n) is 9.55. The van der Waals surface area contributed by atoms with Crippen molar-refractivity contribution < 1.29 is 14.3 Å². The van der Waals surface area contributed by atoms with Gasteiger partial charge < -0.3 is 25.0 Å². The number of halogens is 1. The maximum Gasteiger partial charge on any atom is 0.408 e. The van der Waals surface area contributed by atoms with E-state index in [1.165, 1.54) is 0 Å². The number of aliphatic imine (C=N–C) groups is 1. The average Bonchev–Trinajstić information content (AvgIpc) is 3.21. The number of guanidine groups is 1. The van der Waals surface area contributed by atoms with Crippen molar-refractivity contribution in [2.75, 3.05) is 59.5 Å². The zero-order valence-electron chi connectivity index (χ0n) is 20.4. The highest BCUT2D eigenvalue weighted by Crippen LogP contribution is 2.19. The number of rotatable bonds is 6. The predicted octanol–water partition coefficient (Wildman–Crippen LogP) is 3.10. The highest BCUT2D eigenvalue weighted by Gasteiger charge is 2.28. The summed E-state index contributed by atoms with van der Waals surface area (Å²) in [7, 11) is 1.82. The first-order valence-electron chi connectivity index (χ1n) is 11.6. The van der Waals surface area contributed by atoms with Gasteiger partial charge in [0.15, 0.2) is 5.96 Å². The van der Waals surface area contributed by atoms with E-state index >= 15 is 0 Å². The largest absolute Gasteiger partial charge is 0.444 e. The molecule has 3 rings (SSSR count). The molecule has 0 saturated carbocycles. The van der Waals surface area contributed by atoms with Gasteiger partial charge in [-0.05, 0) is 38.7 Å². The van der Waals surface area contributed by atoms with Crippen molar-refractivity contribution >= 4 is 36.0 Å². The van der Waals surface area contributed by atoms with Gasteiger partial charge >= 0.3 is 6.09 Å². The summed E-state index contributed by atoms with van der Waals surface area (Å²) in [5, 5.41) is 6.48. The van der Waals surface area contributed by atoms with E-state index < -0.39 is 11.7 Å². The topological polar surface area (TPSA) is 78.4 Å². The highest BCUT2D eigenvalue weighted by atomic mass is 127. The molecule has 1 aromatic rings. The number of hydrogen-bond donors (Lipinski definition) is 2. The summed E-state index contributed by atoms with van der Waals surface area (Å²) >= 11 is 0. The quantitative estimate of drug-likeness (QED) is 0.310. The number of benzene rings is 1. The van der Waals surface area contributed by atoms with Crippen molar-refractivity contribution in [2.45, 2.75) is 38.8 Å². The molecule has 2 unspecified atom stereocenters. The minimum Gasteiger partial charge on any atom is -0.444 e. The van der Waals surface area contributed by atoms with Gasteiger partial charge in [0.2, 0.25) is 0 Å². The molecule has 1 aromatic carbocycles. The number of carbonyl (C=O) groups is 1. The second kappa shape index (κ2) is 13.3. The van der Waals surface area contributed by atoms with Crippen molar-refractivity contribution in [1.29, 1.82) is 0 Å². The molecule has 186 valence electrons. The Morgan fingerprint density at radius 2 is 1.91 bits per heavy atom. The number of likely N-dealkylation sites (tertiary alicyclic amines) is 1. The van der Waals surface area contributed by atoms with Crippen LogP contribution >= 0.6 is 24.0 Å². The predicted molar refractivity (Wildman–Crippen MR) is 142 cm³/mol. The number of hydrogen-bond acceptors (Lipinski definition) is 5. The monoisotopic (exact) mass is 573 g/mol. The molecule has 0 radical (unpaired) electrons. The molecule has 2 heterocycles. The number of carbonyl (C=O) groups excluding carboxylic acids is 1. The van der Waals surface area contributed by atoms with Crippen LogP contribution < -0.4 is 10.6 Å². The zero-order chi connectivity index (χ0) is 23.0. The van der Waals surface area contributed by atoms with Gasteiger partial charge in [-0.15, -0.1) is 24.0 Å². The maximum absolute atomic E-state index is 12.4. The molecule has 8 nitrogen and oxygen atoms in total. The molecule has 33 heavy (non-hydrogen) atoms. The normalized spacial score (nSPS) is 20.7. The Bertz CT molecular complexity index is 750. The van der Waals surface area contributed by atoms with Gasteiger partial charge in [-0.25, -0.2) is 4.79 Å². The minimum atomic E-state index is -0.542. The van der Waals surface area contributed by atoms with Gasteiger partial charge in [-0.1, -0.05) is 30.3 Å². The van der Waals surface area contributed by atoms with Crippen LogP contribution in [-0.2, 0) is 9.47 Å². The van der Waals surface area contributed by atoms with Crippen molar-refractivity contribution in [1.82, 2.24) is 20.4 Å². The van der Waals surface area contributed by atoms with E-state index in [2.05, 4.69) is 25.4 Å². The molecule has 9 heteroatoms. The summed E-state index contributed by atoms with van der Waals surface area (Å²) in [6.07, 6.45) is 0.742. The standard InChI is InChI=1S/C24H39N5O3.HI/c1-24(2,3)32-23(30)27-21(20-8-6-5-7-9-20)16-26-22(25-4)29-11-10-19(18-29)17-28-12-14-31-15-13-28;/h5-9,19,21H,10-18H2,1-4H3,(H,25,26)(H,27,30);1H. The Morgan fingerprint density at radius 1 is 1.21 bits per heavy atom. The highest BCUT2D eigenvalue weighted by molar-refractivity contribution is 14.0. The third kappa shape index (κ3) is 9.29. The summed E-state index contributed by atoms with van der Waals surface area (Å²) in [6.45, 7) is 13.0. The molecule has 0 bridgehead atoms. The number of amides is 1. The van der Waals surface area contributed by atoms with Gasteiger partial charge in [0, 0.05) is 46.3 Å². The summed E-state index contributed by atoms with van der Waals surface area (Å²) in [4.78, 5) is 21.8. The number of nitrogens with one attached hydrogen (secondary N) is 2. The van der Waals surface area contributed by atoms with Crippen LogP contribution in [0.1, 0.15) is 38.8 Å². The second-order valence-corrected chi connectivity index (χ2v) is 9.55. The number of ether oxygens (including phenoxy) is 2. The van der Waals surface area contributed by atoms with Gasteiger partial charge in [0.1, 0.15) is 5.60 Å². The molecule has 2 atom stereocenters. The third-order valence-corrected chi connectivity index (χ3v) is 5.77. The fourth-order valence-corrected chi connectivity index (χ4v) is 4.24. The molecule has 0 aromatic heterocycles. The SMILES string of the molecule is CN=C(NCC(NC(=O)OC(C)(C)C)c1ccccc1)N1CCC(CN2CCOCC2)C1.I. The lowest BCUT2D eigenvalue weighted by molar-refractivity contribution is 0.0315. The molecule has 1 amide bonds. The first-order chi connectivity index (χ1) is 15.3. The van der Waals surface area contributed by atoms with Crippen LogP contribution in [-0.4, -0.2) is 87.0 Å². The van der Waals surface area contributed by atoms with E-state index in [9.17, 15) is 4.79 Å². The van der Waals surface area contributed by atoms with Crippen molar-refractivity contribution in [2.24, 2.45) is 10.9 Å². The van der Waals surface area contributed by atoms with Crippen LogP contribution in [0.3, 0.4) is 0 Å². The smallest absolute Gasteiger partial charge is 0.408 e. The maximum atomic E-state index is 12.4. The van der Waals surface area contributed by atoms with Crippen LogP contribution in [0, 0.1) is 5.92 Å². The summed E-state index contributed by atoms with van der Waals surface area (Å²) in [5.41, 5.74) is 0.479. The Hall–Kier alpha value is -1.59. The molecule has 0 aliphatic carbocycles. The Labute approximate surface area is 215 Å². The first-order valence-corrected chi connectivity index (χ1v) is 11.6. The lowest BCUT2D eigenvalue weighted by Crippen LogP contribution is -2.45. The molecular weight excluding hydrogens is 533 g/mol. The minimum absolute atomic E-state index is 0. The summed E-state index contributed by atoms with van der Waals surface area (Å²) < 4.78 is 10.9. The van der Waals surface area contributed by atoms with Gasteiger partial charge in [-0.2, -0.15) is 0 Å². The summed E-state index contributed by atoms with van der Waals surface area (Å²) in [5.74, 6) is 1.51. The molecule has 2 saturated heterocycles. The van der Waals surface area contributed by atoms with Crippen LogP contribution in [0.5, 0.6) is 0 Å². The van der Waals surface area contributed by atoms with E-state index in [-0.39, 0.29) is 30.0 Å². The van der Waals surface area contributed by atoms with Crippen LogP contribution in [0.2, 0.25) is 0 Å². The van der Waals surface area contributed by atoms with E-state index in [1.54, 1.807) is 0 Å². The lowest BCUT2D eigenvalue weighted by Gasteiger charge is -2.29. The van der Waals surface area contributed by atoms with E-state index in [0.29, 0.717) is 12.5 Å². The molecule has 0 spiro atoms. The van der Waals surface area contributed by atoms with Gasteiger partial charge in [0.05, 0.1) is 19.3 Å². The average molecular weight is 574 g/mol. The van der Waals surface area contributed by atoms with Gasteiger partial charge in [0.25, 0.3) is 0 Å². The van der Waals surface area contributed by atoms with E-state index in [0.717, 1.165) is 63.9 Å². The van der Waals surface area contributed by atoms with E-state index in [4.69, 9.17) is 9.47 Å². The molecule has 2 aliphatic heterocycles. The molecular formula is C24H40IN5O3. The molecule has 2 aliphatic rings. The Kier molecular flexibility index (Phi) is 11.2. The van der Waals surface area contributed by atoms with Crippen LogP contribution in [0.4, 0.5) is 4.79 Å². The number of alkyl carbamates (subject to hydrolysis) is 1. The zero-order valence-corrected chi connectivity index (χ0v) is 22.7. The fourth-order valence-electron chi connectivity index (χ4n) is 4.24. The number of morpholine rings is 1. The van der Waals surface area contributed by atoms with Crippen LogP contribution in [0.15, 0.2) is 35.3 Å². The van der Waals surface area contributed by atoms with E-state index in [1.807, 2.05) is 58.2 Å². The fraction of sp³-hybridized carbons (Fsp3) is 0.667.